The number of nitrogens with zero attached hydrogens (tertiary/aromatic N) is 3. The van der Waals surface area contributed by atoms with Crippen LogP contribution in [0.3, 0.4) is 0 Å². The lowest BCUT2D eigenvalue weighted by molar-refractivity contribution is 0.534. The number of furan rings is 1. The average molecular weight is 277 g/mol. The van der Waals surface area contributed by atoms with Gasteiger partial charge in [0.15, 0.2) is 11.0 Å². The first-order valence-corrected chi connectivity index (χ1v) is 7.33. The Balaban J connectivity index is 2.34. The summed E-state index contributed by atoms with van der Waals surface area (Å²) in [5, 5.41) is 9.53. The summed E-state index contributed by atoms with van der Waals surface area (Å²) < 4.78 is 7.43. The van der Waals surface area contributed by atoms with E-state index in [2.05, 4.69) is 35.2 Å². The zero-order valence-electron chi connectivity index (χ0n) is 11.6. The molecule has 102 valence electrons. The Morgan fingerprint density at radius 3 is 2.84 bits per heavy atom. The summed E-state index contributed by atoms with van der Waals surface area (Å²) in [4.78, 5) is 0. The van der Waals surface area contributed by atoms with Crippen molar-refractivity contribution in [3.63, 3.8) is 0 Å². The van der Waals surface area contributed by atoms with E-state index in [0.717, 1.165) is 28.1 Å². The molecular formula is C14H19N3OS. The molecule has 0 aliphatic carbocycles. The lowest BCUT2D eigenvalue weighted by atomic mass is 10.2. The van der Waals surface area contributed by atoms with Crippen LogP contribution in [0.2, 0.25) is 0 Å². The first-order valence-electron chi connectivity index (χ1n) is 6.34. The first-order chi connectivity index (χ1) is 9.13. The fourth-order valence-electron chi connectivity index (χ4n) is 1.75. The lowest BCUT2D eigenvalue weighted by Crippen LogP contribution is -2.02. The molecule has 0 aliphatic rings. The Hall–Kier alpha value is -1.49. The van der Waals surface area contributed by atoms with E-state index in [-0.39, 0.29) is 0 Å². The van der Waals surface area contributed by atoms with Crippen molar-refractivity contribution >= 4 is 11.8 Å². The zero-order chi connectivity index (χ0) is 13.8. The minimum atomic E-state index is 0.623. The molecule has 0 unspecified atom stereocenters. The molecule has 0 aliphatic heterocycles. The normalized spacial score (nSPS) is 11.2. The molecule has 2 aromatic rings. The summed E-state index contributed by atoms with van der Waals surface area (Å²) in [5.41, 5.74) is 0.991. The fourth-order valence-corrected chi connectivity index (χ4v) is 2.64. The maximum absolute atomic E-state index is 5.35. The lowest BCUT2D eigenvalue weighted by Gasteiger charge is -2.08. The standard InChI is InChI=1S/C14H19N3OS/c1-5-7-17-13(12-6-8-18-11(12)4)15-16-14(17)19-9-10(2)3/h5-6,8,10H,1,7,9H2,2-4H3. The quantitative estimate of drug-likeness (QED) is 0.595. The van der Waals surface area contributed by atoms with Gasteiger partial charge in [-0.1, -0.05) is 31.7 Å². The third-order valence-electron chi connectivity index (χ3n) is 2.67. The molecule has 2 heterocycles. The summed E-state index contributed by atoms with van der Waals surface area (Å²) in [5.74, 6) is 3.35. The highest BCUT2D eigenvalue weighted by atomic mass is 32.2. The van der Waals surface area contributed by atoms with Gasteiger partial charge in [0.1, 0.15) is 5.76 Å². The molecule has 2 rings (SSSR count). The van der Waals surface area contributed by atoms with Crippen LogP contribution in [0.25, 0.3) is 11.4 Å². The number of rotatable bonds is 6. The van der Waals surface area contributed by atoms with E-state index in [1.54, 1.807) is 18.0 Å². The van der Waals surface area contributed by atoms with Crippen LogP contribution in [-0.2, 0) is 6.54 Å². The maximum Gasteiger partial charge on any atom is 0.191 e. The number of aromatic nitrogens is 3. The Morgan fingerprint density at radius 1 is 1.47 bits per heavy atom. The largest absolute Gasteiger partial charge is 0.469 e. The fraction of sp³-hybridized carbons (Fsp3) is 0.429. The highest BCUT2D eigenvalue weighted by Gasteiger charge is 2.16. The van der Waals surface area contributed by atoms with E-state index in [1.165, 1.54) is 0 Å². The van der Waals surface area contributed by atoms with Gasteiger partial charge in [-0.15, -0.1) is 16.8 Å². The van der Waals surface area contributed by atoms with Crippen LogP contribution in [0, 0.1) is 12.8 Å². The Morgan fingerprint density at radius 2 is 2.26 bits per heavy atom. The van der Waals surface area contributed by atoms with Gasteiger partial charge in [0.2, 0.25) is 0 Å². The Bertz CT molecular complexity index is 557. The number of hydrogen-bond donors (Lipinski definition) is 0. The van der Waals surface area contributed by atoms with E-state index < -0.39 is 0 Å². The number of thioether (sulfide) groups is 1. The summed E-state index contributed by atoms with van der Waals surface area (Å²) in [6, 6.07) is 1.93. The van der Waals surface area contributed by atoms with E-state index in [0.29, 0.717) is 12.5 Å². The summed E-state index contributed by atoms with van der Waals surface area (Å²) in [6.45, 7) is 10.8. The predicted octanol–water partition coefficient (Wildman–Crippen LogP) is 3.78. The van der Waals surface area contributed by atoms with E-state index in [9.17, 15) is 0 Å². The van der Waals surface area contributed by atoms with Gasteiger partial charge in [0.05, 0.1) is 11.8 Å². The first kappa shape index (κ1) is 13.9. The molecule has 2 aromatic heterocycles. The summed E-state index contributed by atoms with van der Waals surface area (Å²) in [6.07, 6.45) is 3.54. The van der Waals surface area contributed by atoms with Gasteiger partial charge in [-0.2, -0.15) is 0 Å². The van der Waals surface area contributed by atoms with E-state index >= 15 is 0 Å². The monoisotopic (exact) mass is 277 g/mol. The Labute approximate surface area is 117 Å². The van der Waals surface area contributed by atoms with Crippen molar-refractivity contribution in [3.05, 3.63) is 30.7 Å². The zero-order valence-corrected chi connectivity index (χ0v) is 12.4. The van der Waals surface area contributed by atoms with Crippen LogP contribution in [0.1, 0.15) is 19.6 Å². The van der Waals surface area contributed by atoms with Crippen LogP contribution in [0.4, 0.5) is 0 Å². The average Bonchev–Trinajstić information content (AvgIpc) is 2.94. The third kappa shape index (κ3) is 3.10. The smallest absolute Gasteiger partial charge is 0.191 e. The van der Waals surface area contributed by atoms with Gasteiger partial charge in [-0.3, -0.25) is 4.57 Å². The van der Waals surface area contributed by atoms with Crippen molar-refractivity contribution in [2.45, 2.75) is 32.5 Å². The Kier molecular flexibility index (Phi) is 4.47. The van der Waals surface area contributed by atoms with Gasteiger partial charge in [-0.25, -0.2) is 0 Å². The highest BCUT2D eigenvalue weighted by Crippen LogP contribution is 2.27. The van der Waals surface area contributed by atoms with Crippen LogP contribution in [0.15, 0.2) is 34.6 Å². The van der Waals surface area contributed by atoms with E-state index in [1.807, 2.05) is 19.1 Å². The molecule has 0 N–H and O–H groups in total. The molecule has 0 spiro atoms. The van der Waals surface area contributed by atoms with Gasteiger partial charge in [0, 0.05) is 12.3 Å². The summed E-state index contributed by atoms with van der Waals surface area (Å²) >= 11 is 1.73. The molecule has 0 atom stereocenters. The van der Waals surface area contributed by atoms with Crippen molar-refractivity contribution in [1.29, 1.82) is 0 Å². The van der Waals surface area contributed by atoms with Crippen LogP contribution in [0.5, 0.6) is 0 Å². The molecule has 0 saturated heterocycles. The van der Waals surface area contributed by atoms with Crippen molar-refractivity contribution in [2.24, 2.45) is 5.92 Å². The molecule has 19 heavy (non-hydrogen) atoms. The molecule has 0 bridgehead atoms. The number of allylic oxidation sites excluding steroid dienone is 1. The highest BCUT2D eigenvalue weighted by molar-refractivity contribution is 7.99. The molecule has 0 aromatic carbocycles. The van der Waals surface area contributed by atoms with Gasteiger partial charge < -0.3 is 4.42 Å². The van der Waals surface area contributed by atoms with Crippen molar-refractivity contribution < 1.29 is 4.42 Å². The van der Waals surface area contributed by atoms with Crippen LogP contribution >= 0.6 is 11.8 Å². The number of aryl methyl sites for hydroxylation is 1. The second kappa shape index (κ2) is 6.10. The minimum absolute atomic E-state index is 0.623. The SMILES string of the molecule is C=CCn1c(SCC(C)C)nnc1-c1ccoc1C. The minimum Gasteiger partial charge on any atom is -0.469 e. The molecule has 0 fully saturated rings. The molecule has 0 radical (unpaired) electrons. The van der Waals surface area contributed by atoms with Crippen molar-refractivity contribution in [2.75, 3.05) is 5.75 Å². The van der Waals surface area contributed by atoms with Gasteiger partial charge in [0.25, 0.3) is 0 Å². The topological polar surface area (TPSA) is 43.9 Å². The van der Waals surface area contributed by atoms with Crippen LogP contribution < -0.4 is 0 Å². The molecule has 4 nitrogen and oxygen atoms in total. The second-order valence-corrected chi connectivity index (χ2v) is 5.79. The molecule has 0 saturated carbocycles. The van der Waals surface area contributed by atoms with Crippen LogP contribution in [-0.4, -0.2) is 20.5 Å². The maximum atomic E-state index is 5.35. The van der Waals surface area contributed by atoms with Gasteiger partial charge >= 0.3 is 0 Å². The van der Waals surface area contributed by atoms with Gasteiger partial charge in [-0.05, 0) is 18.9 Å². The predicted molar refractivity (Wildman–Crippen MR) is 78.2 cm³/mol. The molecular weight excluding hydrogens is 258 g/mol. The van der Waals surface area contributed by atoms with E-state index in [4.69, 9.17) is 4.42 Å². The second-order valence-electron chi connectivity index (χ2n) is 4.80. The molecule has 5 heteroatoms. The molecule has 0 amide bonds. The number of hydrogen-bond acceptors (Lipinski definition) is 4. The summed E-state index contributed by atoms with van der Waals surface area (Å²) in [7, 11) is 0. The third-order valence-corrected chi connectivity index (χ3v) is 4.07. The van der Waals surface area contributed by atoms with Crippen molar-refractivity contribution in [3.8, 4) is 11.4 Å². The van der Waals surface area contributed by atoms with Crippen molar-refractivity contribution in [1.82, 2.24) is 14.8 Å².